The van der Waals surface area contributed by atoms with E-state index in [0.717, 1.165) is 74.7 Å². The Morgan fingerprint density at radius 2 is 1.94 bits per heavy atom. The summed E-state index contributed by atoms with van der Waals surface area (Å²) in [7, 11) is 3.92. The first-order valence-corrected chi connectivity index (χ1v) is 12.1. The van der Waals surface area contributed by atoms with Gasteiger partial charge in [-0.25, -0.2) is 4.98 Å². The molecular weight excluding hydrogens is 422 g/mol. The molecule has 5 nitrogen and oxygen atoms in total. The molecule has 0 radical (unpaired) electrons. The van der Waals surface area contributed by atoms with Crippen LogP contribution in [-0.2, 0) is 16.0 Å². The first-order chi connectivity index (χ1) is 15.5. The topological polar surface area (TPSA) is 54.5 Å². The molecule has 0 unspecified atom stereocenters. The number of halogens is 1. The van der Waals surface area contributed by atoms with Crippen LogP contribution in [0.2, 0.25) is 5.15 Å². The van der Waals surface area contributed by atoms with Crippen molar-refractivity contribution in [1.82, 2.24) is 15.2 Å². The van der Waals surface area contributed by atoms with Crippen molar-refractivity contribution in [2.45, 2.75) is 57.1 Å². The van der Waals surface area contributed by atoms with Crippen molar-refractivity contribution in [2.75, 3.05) is 27.2 Å². The number of carbonyl (C=O) groups is 1. The second-order valence-electron chi connectivity index (χ2n) is 9.49. The van der Waals surface area contributed by atoms with Crippen LogP contribution in [0.25, 0.3) is 11.1 Å². The quantitative estimate of drug-likeness (QED) is 0.640. The van der Waals surface area contributed by atoms with Crippen LogP contribution in [0.4, 0.5) is 0 Å². The van der Waals surface area contributed by atoms with E-state index < -0.39 is 5.41 Å². The molecule has 4 rings (SSSR count). The fraction of sp³-hybridized carbons (Fsp3) is 0.538. The molecule has 2 fully saturated rings. The lowest BCUT2D eigenvalue weighted by atomic mass is 9.68. The van der Waals surface area contributed by atoms with E-state index in [1.165, 1.54) is 0 Å². The van der Waals surface area contributed by atoms with Crippen LogP contribution in [0.3, 0.4) is 0 Å². The molecule has 2 aromatic rings. The Labute approximate surface area is 196 Å². The number of aromatic nitrogens is 1. The summed E-state index contributed by atoms with van der Waals surface area (Å²) in [5.41, 5.74) is 2.73. The highest BCUT2D eigenvalue weighted by atomic mass is 35.5. The van der Waals surface area contributed by atoms with E-state index in [1.807, 2.05) is 12.1 Å². The van der Waals surface area contributed by atoms with Gasteiger partial charge in [0.1, 0.15) is 5.15 Å². The first-order valence-electron chi connectivity index (χ1n) is 11.7. The van der Waals surface area contributed by atoms with Crippen molar-refractivity contribution < 1.29 is 9.53 Å². The van der Waals surface area contributed by atoms with Crippen molar-refractivity contribution in [1.29, 1.82) is 0 Å². The molecule has 0 atom stereocenters. The highest BCUT2D eigenvalue weighted by Gasteiger charge is 2.42. The molecule has 172 valence electrons. The average molecular weight is 456 g/mol. The maximum absolute atomic E-state index is 13.7. The Morgan fingerprint density at radius 1 is 1.19 bits per heavy atom. The Hall–Kier alpha value is -1.95. The predicted molar refractivity (Wildman–Crippen MR) is 129 cm³/mol. The van der Waals surface area contributed by atoms with Gasteiger partial charge in [0.25, 0.3) is 0 Å². The van der Waals surface area contributed by atoms with E-state index in [0.29, 0.717) is 5.15 Å². The molecule has 1 aliphatic heterocycles. The number of piperidine rings is 1. The molecule has 1 aromatic heterocycles. The smallest absolute Gasteiger partial charge is 0.226 e. The number of likely N-dealkylation sites (tertiary alicyclic amines) is 1. The number of amides is 1. The molecule has 0 bridgehead atoms. The average Bonchev–Trinajstić information content (AvgIpc) is 2.81. The molecule has 1 aliphatic carbocycles. The molecule has 2 heterocycles. The van der Waals surface area contributed by atoms with Gasteiger partial charge in [-0.1, -0.05) is 35.9 Å². The van der Waals surface area contributed by atoms with E-state index in [1.54, 1.807) is 13.3 Å². The van der Waals surface area contributed by atoms with Crippen LogP contribution in [0, 0.1) is 5.41 Å². The summed E-state index contributed by atoms with van der Waals surface area (Å²) in [6, 6.07) is 12.6. The second-order valence-corrected chi connectivity index (χ2v) is 9.84. The summed E-state index contributed by atoms with van der Waals surface area (Å²) >= 11 is 6.34. The summed E-state index contributed by atoms with van der Waals surface area (Å²) in [5, 5.41) is 3.92. The van der Waals surface area contributed by atoms with Crippen LogP contribution in [0.1, 0.15) is 44.1 Å². The number of nitrogens with zero attached hydrogens (tertiary/aromatic N) is 2. The minimum Gasteiger partial charge on any atom is -0.381 e. The molecule has 1 N–H and O–H groups in total. The van der Waals surface area contributed by atoms with E-state index in [4.69, 9.17) is 16.3 Å². The normalized spacial score (nSPS) is 24.9. The zero-order valence-electron chi connectivity index (χ0n) is 19.1. The van der Waals surface area contributed by atoms with Gasteiger partial charge in [-0.05, 0) is 88.3 Å². The number of pyridine rings is 1. The van der Waals surface area contributed by atoms with Crippen molar-refractivity contribution in [3.63, 3.8) is 0 Å². The van der Waals surface area contributed by atoms with Gasteiger partial charge in [0.15, 0.2) is 0 Å². The van der Waals surface area contributed by atoms with E-state index in [-0.39, 0.29) is 18.1 Å². The predicted octanol–water partition coefficient (Wildman–Crippen LogP) is 4.73. The third-order valence-corrected chi connectivity index (χ3v) is 7.60. The van der Waals surface area contributed by atoms with Crippen LogP contribution in [0.15, 0.2) is 42.6 Å². The lowest BCUT2D eigenvalue weighted by Crippen LogP contribution is -2.51. The van der Waals surface area contributed by atoms with Crippen LogP contribution >= 0.6 is 11.6 Å². The fourth-order valence-corrected chi connectivity index (χ4v) is 5.42. The molecule has 1 saturated heterocycles. The van der Waals surface area contributed by atoms with Crippen LogP contribution < -0.4 is 5.32 Å². The maximum atomic E-state index is 13.7. The number of methoxy groups -OCH3 is 1. The van der Waals surface area contributed by atoms with Gasteiger partial charge in [-0.15, -0.1) is 0 Å². The fourth-order valence-electron chi connectivity index (χ4n) is 5.20. The van der Waals surface area contributed by atoms with E-state index in [2.05, 4.69) is 46.5 Å². The number of hydrogen-bond donors (Lipinski definition) is 1. The molecule has 2 aliphatic rings. The second kappa shape index (κ2) is 10.3. The number of nitrogens with one attached hydrogen (secondary N) is 1. The Morgan fingerprint density at radius 3 is 2.62 bits per heavy atom. The van der Waals surface area contributed by atoms with Crippen molar-refractivity contribution in [3.8, 4) is 11.1 Å². The maximum Gasteiger partial charge on any atom is 0.226 e. The summed E-state index contributed by atoms with van der Waals surface area (Å²) < 4.78 is 5.61. The highest BCUT2D eigenvalue weighted by molar-refractivity contribution is 6.32. The summed E-state index contributed by atoms with van der Waals surface area (Å²) in [6.45, 7) is 2.08. The number of benzene rings is 1. The van der Waals surface area contributed by atoms with Gasteiger partial charge in [-0.2, -0.15) is 0 Å². The summed E-state index contributed by atoms with van der Waals surface area (Å²) in [5.74, 6) is 0.214. The third-order valence-electron chi connectivity index (χ3n) is 7.30. The van der Waals surface area contributed by atoms with Crippen molar-refractivity contribution in [2.24, 2.45) is 5.41 Å². The summed E-state index contributed by atoms with van der Waals surface area (Å²) in [4.78, 5) is 20.2. The van der Waals surface area contributed by atoms with Gasteiger partial charge in [0.2, 0.25) is 5.91 Å². The lowest BCUT2D eigenvalue weighted by molar-refractivity contribution is -0.135. The van der Waals surface area contributed by atoms with Gasteiger partial charge in [0.05, 0.1) is 11.5 Å². The standard InChI is InChI=1S/C26H34ClN3O2/c1-30-15-10-21(11-16-30)29-25(31)26(12-8-22(32-2)9-13-26)18-19-5-3-6-20(17-19)23-7-4-14-28-24(23)27/h3-7,14,17,21-22H,8-13,15-16,18H2,1-2H3,(H,29,31). The van der Waals surface area contributed by atoms with Crippen LogP contribution in [0.5, 0.6) is 0 Å². The van der Waals surface area contributed by atoms with Gasteiger partial charge < -0.3 is 15.0 Å². The Bertz CT molecular complexity index is 919. The number of carbonyl (C=O) groups excluding carboxylic acids is 1. The number of hydrogen-bond acceptors (Lipinski definition) is 4. The minimum absolute atomic E-state index is 0.214. The third kappa shape index (κ3) is 5.33. The lowest BCUT2D eigenvalue weighted by Gasteiger charge is -2.40. The molecule has 1 saturated carbocycles. The minimum atomic E-state index is -0.393. The molecule has 1 amide bonds. The van der Waals surface area contributed by atoms with Gasteiger partial charge in [-0.3, -0.25) is 4.79 Å². The largest absolute Gasteiger partial charge is 0.381 e. The molecule has 32 heavy (non-hydrogen) atoms. The number of rotatable bonds is 6. The van der Waals surface area contributed by atoms with Crippen molar-refractivity contribution >= 4 is 17.5 Å². The van der Waals surface area contributed by atoms with E-state index in [9.17, 15) is 4.79 Å². The van der Waals surface area contributed by atoms with Crippen molar-refractivity contribution in [3.05, 3.63) is 53.3 Å². The highest BCUT2D eigenvalue weighted by Crippen LogP contribution is 2.41. The van der Waals surface area contributed by atoms with Gasteiger partial charge >= 0.3 is 0 Å². The molecular formula is C26H34ClN3O2. The summed E-state index contributed by atoms with van der Waals surface area (Å²) in [6.07, 6.45) is 8.27. The van der Waals surface area contributed by atoms with E-state index >= 15 is 0 Å². The molecule has 6 heteroatoms. The SMILES string of the molecule is COC1CCC(Cc2cccc(-c3cccnc3Cl)c2)(C(=O)NC2CCN(C)CC2)CC1. The molecule has 0 spiro atoms. The van der Waals surface area contributed by atoms with Crippen LogP contribution in [-0.4, -0.2) is 55.2 Å². The zero-order valence-corrected chi connectivity index (χ0v) is 19.9. The Kier molecular flexibility index (Phi) is 7.49. The monoisotopic (exact) mass is 455 g/mol. The zero-order chi connectivity index (χ0) is 22.6. The first kappa shape index (κ1) is 23.2. The molecule has 1 aromatic carbocycles. The number of ether oxygens (including phenoxy) is 1. The Balaban J connectivity index is 1.55. The van der Waals surface area contributed by atoms with Gasteiger partial charge in [0, 0.05) is 24.9 Å².